The molecule has 116 valence electrons. The highest BCUT2D eigenvalue weighted by atomic mass is 79.9. The van der Waals surface area contributed by atoms with Gasteiger partial charge in [0.15, 0.2) is 6.61 Å². The minimum absolute atomic E-state index is 0.0159. The van der Waals surface area contributed by atoms with Crippen molar-refractivity contribution >= 4 is 37.8 Å². The van der Waals surface area contributed by atoms with Crippen molar-refractivity contribution in [1.29, 1.82) is 0 Å². The van der Waals surface area contributed by atoms with Gasteiger partial charge in [-0.25, -0.2) is 8.42 Å². The van der Waals surface area contributed by atoms with Gasteiger partial charge in [-0.3, -0.25) is 9.59 Å². The molecule has 1 aromatic carbocycles. The third-order valence-electron chi connectivity index (χ3n) is 2.39. The summed E-state index contributed by atoms with van der Waals surface area (Å²) in [5.74, 6) is -1.22. The maximum Gasteiger partial charge on any atom is 0.321 e. The van der Waals surface area contributed by atoms with Gasteiger partial charge in [-0.15, -0.1) is 0 Å². The van der Waals surface area contributed by atoms with Crippen molar-refractivity contribution in [2.24, 2.45) is 0 Å². The number of benzene rings is 1. The van der Waals surface area contributed by atoms with Gasteiger partial charge < -0.3 is 9.64 Å². The summed E-state index contributed by atoms with van der Waals surface area (Å²) < 4.78 is 31.1. The number of nitrogens with zero attached hydrogens (tertiary/aromatic N) is 1. The standard InChI is InChI=1S/C12H15BrN2O5S/c1-15(2)11(16)8-20-12(17)7-14-21(18,19)10-6-4-3-5-9(10)13/h3-6,14H,7-8H2,1-2H3. The third-order valence-corrected chi connectivity index (χ3v) is 4.80. The molecule has 0 aliphatic heterocycles. The molecule has 21 heavy (non-hydrogen) atoms. The van der Waals surface area contributed by atoms with Crippen LogP contribution < -0.4 is 4.72 Å². The maximum absolute atomic E-state index is 12.0. The van der Waals surface area contributed by atoms with Crippen LogP contribution in [0.2, 0.25) is 0 Å². The molecule has 0 atom stereocenters. The minimum atomic E-state index is -3.83. The molecular formula is C12H15BrN2O5S. The molecule has 1 rings (SSSR count). The first-order valence-corrected chi connectivity index (χ1v) is 8.11. The molecular weight excluding hydrogens is 364 g/mol. The van der Waals surface area contributed by atoms with E-state index in [0.29, 0.717) is 4.47 Å². The number of hydrogen-bond donors (Lipinski definition) is 1. The summed E-state index contributed by atoms with van der Waals surface area (Å²) in [6.07, 6.45) is 0. The zero-order valence-corrected chi connectivity index (χ0v) is 13.9. The van der Waals surface area contributed by atoms with Crippen molar-refractivity contribution in [3.63, 3.8) is 0 Å². The first-order valence-electron chi connectivity index (χ1n) is 5.84. The third kappa shape index (κ3) is 5.44. The highest BCUT2D eigenvalue weighted by molar-refractivity contribution is 9.10. The number of likely N-dealkylation sites (N-methyl/N-ethyl adjacent to an activating group) is 1. The summed E-state index contributed by atoms with van der Waals surface area (Å²) in [5, 5.41) is 0. The molecule has 0 aliphatic rings. The van der Waals surface area contributed by atoms with Crippen LogP contribution in [0.5, 0.6) is 0 Å². The Morgan fingerprint density at radius 2 is 1.90 bits per heavy atom. The number of ether oxygens (including phenoxy) is 1. The Hall–Kier alpha value is -1.45. The number of carbonyl (C=O) groups excluding carboxylic acids is 2. The molecule has 0 radical (unpaired) electrons. The van der Waals surface area contributed by atoms with Crippen LogP contribution in [0.4, 0.5) is 0 Å². The highest BCUT2D eigenvalue weighted by Crippen LogP contribution is 2.20. The topological polar surface area (TPSA) is 92.8 Å². The first kappa shape index (κ1) is 17.6. The van der Waals surface area contributed by atoms with Gasteiger partial charge in [-0.2, -0.15) is 4.72 Å². The number of sulfonamides is 1. The lowest BCUT2D eigenvalue weighted by Crippen LogP contribution is -2.33. The fourth-order valence-corrected chi connectivity index (χ4v) is 3.19. The summed E-state index contributed by atoms with van der Waals surface area (Å²) in [4.78, 5) is 23.9. The quantitative estimate of drug-likeness (QED) is 0.721. The predicted molar refractivity (Wildman–Crippen MR) is 79.0 cm³/mol. The second kappa shape index (κ2) is 7.53. The Bertz CT molecular complexity index is 630. The fraction of sp³-hybridized carbons (Fsp3) is 0.333. The number of amides is 1. The average Bonchev–Trinajstić information content (AvgIpc) is 2.42. The highest BCUT2D eigenvalue weighted by Gasteiger charge is 2.19. The van der Waals surface area contributed by atoms with Crippen molar-refractivity contribution in [2.75, 3.05) is 27.2 Å². The van der Waals surface area contributed by atoms with Crippen molar-refractivity contribution in [2.45, 2.75) is 4.90 Å². The van der Waals surface area contributed by atoms with E-state index < -0.39 is 35.1 Å². The summed E-state index contributed by atoms with van der Waals surface area (Å²) in [5.41, 5.74) is 0. The summed E-state index contributed by atoms with van der Waals surface area (Å²) >= 11 is 3.12. The molecule has 1 N–H and O–H groups in total. The molecule has 7 nitrogen and oxygen atoms in total. The molecule has 0 bridgehead atoms. The van der Waals surface area contributed by atoms with Crippen LogP contribution in [0, 0.1) is 0 Å². The van der Waals surface area contributed by atoms with Gasteiger partial charge in [0.1, 0.15) is 6.54 Å². The van der Waals surface area contributed by atoms with E-state index in [1.165, 1.54) is 25.1 Å². The molecule has 0 unspecified atom stereocenters. The molecule has 0 fully saturated rings. The Balaban J connectivity index is 2.57. The zero-order valence-electron chi connectivity index (χ0n) is 11.5. The van der Waals surface area contributed by atoms with Crippen LogP contribution in [0.15, 0.2) is 33.6 Å². The lowest BCUT2D eigenvalue weighted by atomic mass is 10.4. The molecule has 0 spiro atoms. The van der Waals surface area contributed by atoms with E-state index in [-0.39, 0.29) is 4.90 Å². The van der Waals surface area contributed by atoms with Crippen LogP contribution >= 0.6 is 15.9 Å². The number of halogens is 1. The molecule has 0 aromatic heterocycles. The number of rotatable bonds is 6. The normalized spacial score (nSPS) is 11.0. The smallest absolute Gasteiger partial charge is 0.321 e. The Kier molecular flexibility index (Phi) is 6.31. The largest absolute Gasteiger partial charge is 0.455 e. The number of carbonyl (C=O) groups is 2. The van der Waals surface area contributed by atoms with Crippen LogP contribution in [-0.2, 0) is 24.3 Å². The van der Waals surface area contributed by atoms with E-state index in [4.69, 9.17) is 0 Å². The van der Waals surface area contributed by atoms with Crippen LogP contribution in [0.1, 0.15) is 0 Å². The molecule has 9 heteroatoms. The number of nitrogens with one attached hydrogen (secondary N) is 1. The lowest BCUT2D eigenvalue weighted by molar-refractivity contribution is -0.149. The van der Waals surface area contributed by atoms with E-state index in [1.54, 1.807) is 18.2 Å². The van der Waals surface area contributed by atoms with Crippen molar-refractivity contribution in [3.05, 3.63) is 28.7 Å². The zero-order chi connectivity index (χ0) is 16.0. The maximum atomic E-state index is 12.0. The van der Waals surface area contributed by atoms with Crippen LogP contribution in [0.3, 0.4) is 0 Å². The van der Waals surface area contributed by atoms with Crippen LogP contribution in [-0.4, -0.2) is 52.4 Å². The SMILES string of the molecule is CN(C)C(=O)COC(=O)CNS(=O)(=O)c1ccccc1Br. The molecule has 0 saturated heterocycles. The molecule has 0 heterocycles. The van der Waals surface area contributed by atoms with Gasteiger partial charge in [0, 0.05) is 18.6 Å². The van der Waals surface area contributed by atoms with E-state index in [2.05, 4.69) is 25.4 Å². The number of esters is 1. The summed E-state index contributed by atoms with van der Waals surface area (Å²) in [7, 11) is -0.795. The molecule has 0 aliphatic carbocycles. The Morgan fingerprint density at radius 1 is 1.29 bits per heavy atom. The lowest BCUT2D eigenvalue weighted by Gasteiger charge is -2.11. The summed E-state index contributed by atoms with van der Waals surface area (Å²) in [6.45, 7) is -0.979. The molecule has 0 saturated carbocycles. The van der Waals surface area contributed by atoms with E-state index in [1.807, 2.05) is 0 Å². The fourth-order valence-electron chi connectivity index (χ4n) is 1.22. The van der Waals surface area contributed by atoms with E-state index >= 15 is 0 Å². The van der Waals surface area contributed by atoms with Crippen molar-refractivity contribution in [1.82, 2.24) is 9.62 Å². The molecule has 1 aromatic rings. The second-order valence-electron chi connectivity index (χ2n) is 4.20. The van der Waals surface area contributed by atoms with Gasteiger partial charge in [-0.1, -0.05) is 12.1 Å². The van der Waals surface area contributed by atoms with E-state index in [0.717, 1.165) is 0 Å². The summed E-state index contributed by atoms with van der Waals surface area (Å²) in [6, 6.07) is 6.20. The van der Waals surface area contributed by atoms with Gasteiger partial charge in [-0.05, 0) is 28.1 Å². The second-order valence-corrected chi connectivity index (χ2v) is 6.79. The predicted octanol–water partition coefficient (Wildman–Crippen LogP) is 0.359. The Labute approximate surface area is 131 Å². The van der Waals surface area contributed by atoms with Crippen LogP contribution in [0.25, 0.3) is 0 Å². The van der Waals surface area contributed by atoms with Gasteiger partial charge >= 0.3 is 5.97 Å². The first-order chi connectivity index (χ1) is 9.74. The average molecular weight is 379 g/mol. The number of hydrogen-bond acceptors (Lipinski definition) is 5. The van der Waals surface area contributed by atoms with Gasteiger partial charge in [0.05, 0.1) is 4.90 Å². The van der Waals surface area contributed by atoms with Gasteiger partial charge in [0.25, 0.3) is 5.91 Å². The minimum Gasteiger partial charge on any atom is -0.455 e. The Morgan fingerprint density at radius 3 is 2.48 bits per heavy atom. The van der Waals surface area contributed by atoms with Crippen molar-refractivity contribution < 1.29 is 22.7 Å². The van der Waals surface area contributed by atoms with E-state index in [9.17, 15) is 18.0 Å². The van der Waals surface area contributed by atoms with Gasteiger partial charge in [0.2, 0.25) is 10.0 Å². The molecule has 1 amide bonds. The van der Waals surface area contributed by atoms with Crippen molar-refractivity contribution in [3.8, 4) is 0 Å². The monoisotopic (exact) mass is 378 g/mol.